The number of carbonyl (C=O) groups excluding carboxylic acids is 2. The van der Waals surface area contributed by atoms with Gasteiger partial charge in [0.15, 0.2) is 0 Å². The SMILES string of the molecule is CCOc1ccccc1N(CCCC(=O)N(Cc1ccc(F)cc1)[C@@H](C)C(=O)NC1CCCCC1)S(C)(=O)=O. The van der Waals surface area contributed by atoms with Crippen molar-refractivity contribution in [2.75, 3.05) is 23.7 Å². The number of anilines is 1. The first-order valence-corrected chi connectivity index (χ1v) is 15.5. The third kappa shape index (κ3) is 8.95. The Bertz CT molecular complexity index is 1200. The summed E-state index contributed by atoms with van der Waals surface area (Å²) in [5, 5.41) is 3.09. The lowest BCUT2D eigenvalue weighted by Gasteiger charge is -2.31. The molecule has 0 heterocycles. The molecule has 0 aliphatic heterocycles. The Labute approximate surface area is 231 Å². The molecular weight excluding hydrogens is 521 g/mol. The maximum atomic E-state index is 13.5. The topological polar surface area (TPSA) is 96.0 Å². The van der Waals surface area contributed by atoms with Gasteiger partial charge in [0.2, 0.25) is 21.8 Å². The molecule has 1 fully saturated rings. The minimum Gasteiger partial charge on any atom is -0.492 e. The highest BCUT2D eigenvalue weighted by Gasteiger charge is 2.29. The molecule has 0 spiro atoms. The van der Waals surface area contributed by atoms with E-state index in [2.05, 4.69) is 5.32 Å². The minimum absolute atomic E-state index is 0.0328. The number of hydrogen-bond donors (Lipinski definition) is 1. The van der Waals surface area contributed by atoms with Gasteiger partial charge in [-0.05, 0) is 62.9 Å². The molecule has 1 atom stereocenters. The number of carbonyl (C=O) groups is 2. The average Bonchev–Trinajstić information content (AvgIpc) is 2.91. The van der Waals surface area contributed by atoms with Crippen molar-refractivity contribution in [2.45, 2.75) is 77.4 Å². The summed E-state index contributed by atoms with van der Waals surface area (Å²) in [4.78, 5) is 28.1. The zero-order chi connectivity index (χ0) is 28.4. The van der Waals surface area contributed by atoms with Gasteiger partial charge in [0.1, 0.15) is 17.6 Å². The number of ether oxygens (including phenoxy) is 1. The Morgan fingerprint density at radius 2 is 1.74 bits per heavy atom. The first-order valence-electron chi connectivity index (χ1n) is 13.6. The summed E-state index contributed by atoms with van der Waals surface area (Å²) in [6.07, 6.45) is 6.55. The van der Waals surface area contributed by atoms with Crippen molar-refractivity contribution in [3.05, 3.63) is 59.9 Å². The van der Waals surface area contributed by atoms with E-state index < -0.39 is 16.1 Å². The fourth-order valence-corrected chi connectivity index (χ4v) is 5.83. The van der Waals surface area contributed by atoms with E-state index in [1.807, 2.05) is 6.92 Å². The molecule has 3 rings (SSSR count). The molecule has 1 N–H and O–H groups in total. The molecular formula is C29H40FN3O5S. The molecule has 39 heavy (non-hydrogen) atoms. The Morgan fingerprint density at radius 3 is 2.38 bits per heavy atom. The standard InChI is InChI=1S/C29H40FN3O5S/c1-4-38-27-14-9-8-13-26(27)33(39(3,36)37)20-10-15-28(34)32(21-23-16-18-24(30)19-17-23)22(2)29(35)31-25-11-6-5-7-12-25/h8-9,13-14,16-19,22,25H,4-7,10-12,15,20-21H2,1-3H3,(H,31,35)/t22-/m0/s1. The zero-order valence-electron chi connectivity index (χ0n) is 23.1. The van der Waals surface area contributed by atoms with Crippen LogP contribution in [0.15, 0.2) is 48.5 Å². The van der Waals surface area contributed by atoms with Crippen LogP contribution in [0, 0.1) is 5.82 Å². The van der Waals surface area contributed by atoms with Gasteiger partial charge in [0, 0.05) is 25.6 Å². The van der Waals surface area contributed by atoms with Crippen LogP contribution in [0.3, 0.4) is 0 Å². The van der Waals surface area contributed by atoms with E-state index in [1.54, 1.807) is 43.3 Å². The first kappa shape index (κ1) is 30.4. The molecule has 1 aliphatic rings. The Balaban J connectivity index is 1.73. The highest BCUT2D eigenvalue weighted by atomic mass is 32.2. The van der Waals surface area contributed by atoms with Crippen molar-refractivity contribution >= 4 is 27.5 Å². The van der Waals surface area contributed by atoms with Gasteiger partial charge in [-0.1, -0.05) is 43.5 Å². The fourth-order valence-electron chi connectivity index (χ4n) is 4.86. The van der Waals surface area contributed by atoms with Crippen LogP contribution >= 0.6 is 0 Å². The van der Waals surface area contributed by atoms with E-state index in [0.29, 0.717) is 23.6 Å². The van der Waals surface area contributed by atoms with Crippen molar-refractivity contribution in [3.8, 4) is 5.75 Å². The molecule has 8 nitrogen and oxygen atoms in total. The highest BCUT2D eigenvalue weighted by Crippen LogP contribution is 2.30. The summed E-state index contributed by atoms with van der Waals surface area (Å²) in [5.41, 5.74) is 1.11. The van der Waals surface area contributed by atoms with Gasteiger partial charge in [-0.25, -0.2) is 12.8 Å². The van der Waals surface area contributed by atoms with Crippen LogP contribution in [0.4, 0.5) is 10.1 Å². The summed E-state index contributed by atoms with van der Waals surface area (Å²) < 4.78 is 45.6. The predicted molar refractivity (Wildman–Crippen MR) is 150 cm³/mol. The normalized spacial score (nSPS) is 14.9. The quantitative estimate of drug-likeness (QED) is 0.385. The molecule has 0 saturated heterocycles. The second kappa shape index (κ2) is 14.3. The molecule has 0 bridgehead atoms. The van der Waals surface area contributed by atoms with Gasteiger partial charge in [-0.3, -0.25) is 13.9 Å². The zero-order valence-corrected chi connectivity index (χ0v) is 23.9. The summed E-state index contributed by atoms with van der Waals surface area (Å²) in [6, 6.07) is 12.1. The lowest BCUT2D eigenvalue weighted by atomic mass is 9.95. The first-order chi connectivity index (χ1) is 18.6. The third-order valence-corrected chi connectivity index (χ3v) is 8.15. The van der Waals surface area contributed by atoms with Crippen LogP contribution in [0.25, 0.3) is 0 Å². The van der Waals surface area contributed by atoms with E-state index in [9.17, 15) is 22.4 Å². The fraction of sp³-hybridized carbons (Fsp3) is 0.517. The molecule has 2 aromatic rings. The smallest absolute Gasteiger partial charge is 0.242 e. The molecule has 1 saturated carbocycles. The van der Waals surface area contributed by atoms with Crippen LogP contribution in [0.1, 0.15) is 64.4 Å². The van der Waals surface area contributed by atoms with Gasteiger partial charge in [0.25, 0.3) is 0 Å². The predicted octanol–water partition coefficient (Wildman–Crippen LogP) is 4.64. The van der Waals surface area contributed by atoms with Gasteiger partial charge in [-0.15, -0.1) is 0 Å². The molecule has 214 valence electrons. The molecule has 2 aromatic carbocycles. The molecule has 0 aromatic heterocycles. The lowest BCUT2D eigenvalue weighted by molar-refractivity contribution is -0.141. The van der Waals surface area contributed by atoms with E-state index in [-0.39, 0.29) is 49.6 Å². The van der Waals surface area contributed by atoms with Crippen molar-refractivity contribution in [1.29, 1.82) is 0 Å². The van der Waals surface area contributed by atoms with Crippen molar-refractivity contribution in [3.63, 3.8) is 0 Å². The van der Waals surface area contributed by atoms with Crippen LogP contribution in [0.2, 0.25) is 0 Å². The van der Waals surface area contributed by atoms with Crippen LogP contribution in [-0.2, 0) is 26.2 Å². The third-order valence-electron chi connectivity index (χ3n) is 6.97. The van der Waals surface area contributed by atoms with Crippen LogP contribution < -0.4 is 14.4 Å². The molecule has 0 radical (unpaired) electrons. The molecule has 2 amide bonds. The number of hydrogen-bond acceptors (Lipinski definition) is 5. The van der Waals surface area contributed by atoms with Crippen LogP contribution in [-0.4, -0.2) is 56.6 Å². The Morgan fingerprint density at radius 1 is 1.08 bits per heavy atom. The number of para-hydroxylation sites is 2. The highest BCUT2D eigenvalue weighted by molar-refractivity contribution is 7.92. The van der Waals surface area contributed by atoms with Gasteiger partial charge >= 0.3 is 0 Å². The van der Waals surface area contributed by atoms with E-state index in [4.69, 9.17) is 4.74 Å². The van der Waals surface area contributed by atoms with Gasteiger partial charge in [0.05, 0.1) is 18.6 Å². The summed E-state index contributed by atoms with van der Waals surface area (Å²) >= 11 is 0. The van der Waals surface area contributed by atoms with Gasteiger partial charge in [-0.2, -0.15) is 0 Å². The van der Waals surface area contributed by atoms with Crippen LogP contribution in [0.5, 0.6) is 5.75 Å². The van der Waals surface area contributed by atoms with Crippen molar-refractivity contribution < 1.29 is 27.1 Å². The van der Waals surface area contributed by atoms with Gasteiger partial charge < -0.3 is 15.0 Å². The molecule has 10 heteroatoms. The number of amides is 2. The van der Waals surface area contributed by atoms with E-state index in [1.165, 1.54) is 21.3 Å². The molecule has 1 aliphatic carbocycles. The number of halogens is 1. The van der Waals surface area contributed by atoms with Crippen molar-refractivity contribution in [1.82, 2.24) is 10.2 Å². The number of benzene rings is 2. The summed E-state index contributed by atoms with van der Waals surface area (Å²) in [6.45, 7) is 4.11. The van der Waals surface area contributed by atoms with E-state index in [0.717, 1.165) is 38.4 Å². The molecule has 0 unspecified atom stereocenters. The van der Waals surface area contributed by atoms with E-state index >= 15 is 0 Å². The number of rotatable bonds is 13. The van der Waals surface area contributed by atoms with Crippen molar-refractivity contribution in [2.24, 2.45) is 0 Å². The Kier molecular flexibility index (Phi) is 11.2. The number of nitrogens with one attached hydrogen (secondary N) is 1. The number of sulfonamides is 1. The largest absolute Gasteiger partial charge is 0.492 e. The lowest BCUT2D eigenvalue weighted by Crippen LogP contribution is -2.50. The second-order valence-corrected chi connectivity index (χ2v) is 11.9. The maximum Gasteiger partial charge on any atom is 0.242 e. The summed E-state index contributed by atoms with van der Waals surface area (Å²) in [7, 11) is -3.65. The maximum absolute atomic E-state index is 13.5. The summed E-state index contributed by atoms with van der Waals surface area (Å²) in [5.74, 6) is -0.437. The average molecular weight is 562 g/mol. The monoisotopic (exact) mass is 561 g/mol. The minimum atomic E-state index is -3.65. The number of nitrogens with zero attached hydrogens (tertiary/aromatic N) is 2. The second-order valence-electron chi connectivity index (χ2n) is 10.0. The Hall–Kier alpha value is -3.14.